The van der Waals surface area contributed by atoms with Crippen LogP contribution in [0.2, 0.25) is 0 Å². The highest BCUT2D eigenvalue weighted by molar-refractivity contribution is 6.01. The number of carbonyl (C=O) groups excluding carboxylic acids is 2. The van der Waals surface area contributed by atoms with Crippen LogP contribution in [-0.2, 0) is 9.53 Å². The summed E-state index contributed by atoms with van der Waals surface area (Å²) in [4.78, 5) is 33.1. The molecule has 0 aromatic rings. The standard InChI is InChI=1S/C18H28N4O4/c1-12(23)13(14-19-8-6-9-20-14)21-11-18(15(21)24)7-5-10-22(18)16(25)26-17(2,3)4/h6,8,12-13,23H,5,7,9-11H2,1-4H3,(H,19,20). The average Bonchev–Trinajstić information content (AvgIpc) is 3.00. The van der Waals surface area contributed by atoms with Crippen LogP contribution in [0.3, 0.4) is 0 Å². The Morgan fingerprint density at radius 2 is 2.19 bits per heavy atom. The van der Waals surface area contributed by atoms with Gasteiger partial charge < -0.3 is 20.1 Å². The number of β-lactam (4-membered cyclic amide) rings is 1. The van der Waals surface area contributed by atoms with Gasteiger partial charge in [-0.15, -0.1) is 0 Å². The number of rotatable bonds is 3. The van der Waals surface area contributed by atoms with Crippen LogP contribution >= 0.6 is 0 Å². The fourth-order valence-electron chi connectivity index (χ4n) is 3.88. The summed E-state index contributed by atoms with van der Waals surface area (Å²) in [5.74, 6) is 0.429. The van der Waals surface area contributed by atoms with Crippen LogP contribution in [0, 0.1) is 0 Å². The maximum absolute atomic E-state index is 13.1. The highest BCUT2D eigenvalue weighted by Gasteiger charge is 2.62. The second kappa shape index (κ2) is 6.57. The van der Waals surface area contributed by atoms with Crippen LogP contribution < -0.4 is 5.32 Å². The number of nitrogens with zero attached hydrogens (tertiary/aromatic N) is 3. The number of aliphatic hydroxyl groups excluding tert-OH is 1. The number of aliphatic hydroxyl groups is 1. The Morgan fingerprint density at radius 3 is 2.73 bits per heavy atom. The summed E-state index contributed by atoms with van der Waals surface area (Å²) in [6, 6.07) is -0.542. The van der Waals surface area contributed by atoms with Crippen molar-refractivity contribution in [3.8, 4) is 0 Å². The summed E-state index contributed by atoms with van der Waals surface area (Å²) < 4.78 is 5.48. The summed E-state index contributed by atoms with van der Waals surface area (Å²) in [7, 11) is 0. The number of carbonyl (C=O) groups is 2. The molecule has 0 aromatic heterocycles. The average molecular weight is 364 g/mol. The molecule has 3 aliphatic rings. The van der Waals surface area contributed by atoms with Crippen molar-refractivity contribution >= 4 is 17.8 Å². The Balaban J connectivity index is 1.78. The van der Waals surface area contributed by atoms with Gasteiger partial charge in [0, 0.05) is 19.3 Å². The molecule has 144 valence electrons. The molecule has 1 spiro atoms. The molecule has 2 amide bonds. The van der Waals surface area contributed by atoms with E-state index in [1.165, 1.54) is 0 Å². The molecule has 0 saturated carbocycles. The maximum atomic E-state index is 13.1. The van der Waals surface area contributed by atoms with E-state index in [0.717, 1.165) is 6.42 Å². The van der Waals surface area contributed by atoms with Crippen molar-refractivity contribution in [2.75, 3.05) is 19.6 Å². The SMILES string of the molecule is CC(O)C(C1=NC=CCN1)N1CC2(CCCN2C(=O)OC(C)(C)C)C1=O. The molecular weight excluding hydrogens is 336 g/mol. The van der Waals surface area contributed by atoms with E-state index >= 15 is 0 Å². The van der Waals surface area contributed by atoms with Crippen LogP contribution in [0.4, 0.5) is 4.79 Å². The number of ether oxygens (including phenoxy) is 1. The molecule has 8 nitrogen and oxygen atoms in total. The van der Waals surface area contributed by atoms with Crippen molar-refractivity contribution in [1.29, 1.82) is 0 Å². The summed E-state index contributed by atoms with van der Waals surface area (Å²) in [6.45, 7) is 8.58. The number of aliphatic imine (C=N–C) groups is 1. The lowest BCUT2D eigenvalue weighted by molar-refractivity contribution is -0.165. The van der Waals surface area contributed by atoms with Crippen LogP contribution in [0.1, 0.15) is 40.5 Å². The molecule has 26 heavy (non-hydrogen) atoms. The lowest BCUT2D eigenvalue weighted by Gasteiger charge is -2.54. The van der Waals surface area contributed by atoms with Gasteiger partial charge in [0.2, 0.25) is 0 Å². The first kappa shape index (κ1) is 18.7. The lowest BCUT2D eigenvalue weighted by Crippen LogP contribution is -2.77. The van der Waals surface area contributed by atoms with Crippen LogP contribution in [0.25, 0.3) is 0 Å². The third-order valence-electron chi connectivity index (χ3n) is 4.99. The summed E-state index contributed by atoms with van der Waals surface area (Å²) in [5, 5.41) is 13.4. The lowest BCUT2D eigenvalue weighted by atomic mass is 9.83. The minimum Gasteiger partial charge on any atom is -0.444 e. The van der Waals surface area contributed by atoms with Gasteiger partial charge in [0.25, 0.3) is 5.91 Å². The van der Waals surface area contributed by atoms with Crippen molar-refractivity contribution in [2.24, 2.45) is 4.99 Å². The molecule has 2 N–H and O–H groups in total. The normalized spacial score (nSPS) is 27.7. The second-order valence-corrected chi connectivity index (χ2v) is 8.17. The Kier molecular flexibility index (Phi) is 4.72. The van der Waals surface area contributed by atoms with E-state index in [2.05, 4.69) is 10.3 Å². The molecule has 3 atom stereocenters. The number of nitrogens with one attached hydrogen (secondary N) is 1. The first-order valence-electron chi connectivity index (χ1n) is 9.12. The predicted octanol–water partition coefficient (Wildman–Crippen LogP) is 0.863. The van der Waals surface area contributed by atoms with Crippen molar-refractivity contribution in [3.05, 3.63) is 12.3 Å². The zero-order chi connectivity index (χ0) is 19.1. The number of hydrogen-bond acceptors (Lipinski definition) is 6. The first-order chi connectivity index (χ1) is 12.2. The Bertz CT molecular complexity index is 652. The van der Waals surface area contributed by atoms with Gasteiger partial charge in [0.1, 0.15) is 23.0 Å². The molecule has 2 saturated heterocycles. The maximum Gasteiger partial charge on any atom is 0.411 e. The largest absolute Gasteiger partial charge is 0.444 e. The molecule has 8 heteroatoms. The molecule has 3 unspecified atom stereocenters. The van der Waals surface area contributed by atoms with Gasteiger partial charge in [-0.3, -0.25) is 9.69 Å². The van der Waals surface area contributed by atoms with Crippen LogP contribution in [0.15, 0.2) is 17.3 Å². The predicted molar refractivity (Wildman–Crippen MR) is 96.7 cm³/mol. The van der Waals surface area contributed by atoms with Gasteiger partial charge in [-0.2, -0.15) is 0 Å². The van der Waals surface area contributed by atoms with Gasteiger partial charge in [0.05, 0.1) is 12.6 Å². The molecule has 3 heterocycles. The third-order valence-corrected chi connectivity index (χ3v) is 4.99. The summed E-state index contributed by atoms with van der Waals surface area (Å²) in [6.07, 6.45) is 3.69. The van der Waals surface area contributed by atoms with Crippen molar-refractivity contribution in [1.82, 2.24) is 15.1 Å². The monoisotopic (exact) mass is 364 g/mol. The van der Waals surface area contributed by atoms with E-state index in [0.29, 0.717) is 31.9 Å². The quantitative estimate of drug-likeness (QED) is 0.725. The number of hydrogen-bond donors (Lipinski definition) is 2. The van der Waals surface area contributed by atoms with Gasteiger partial charge in [-0.1, -0.05) is 0 Å². The fourth-order valence-corrected chi connectivity index (χ4v) is 3.88. The van der Waals surface area contributed by atoms with E-state index in [9.17, 15) is 14.7 Å². The Labute approximate surface area is 153 Å². The van der Waals surface area contributed by atoms with Gasteiger partial charge >= 0.3 is 6.09 Å². The Hall–Kier alpha value is -2.09. The van der Waals surface area contributed by atoms with E-state index in [4.69, 9.17) is 4.74 Å². The number of likely N-dealkylation sites (tertiary alicyclic amines) is 2. The minimum absolute atomic E-state index is 0.147. The third kappa shape index (κ3) is 3.18. The number of amides is 2. The molecule has 0 aliphatic carbocycles. The van der Waals surface area contributed by atoms with Gasteiger partial charge in [-0.05, 0) is 46.6 Å². The summed E-state index contributed by atoms with van der Waals surface area (Å²) >= 11 is 0. The fraction of sp³-hybridized carbons (Fsp3) is 0.722. The van der Waals surface area contributed by atoms with E-state index in [1.807, 2.05) is 26.8 Å². The van der Waals surface area contributed by atoms with Crippen LogP contribution in [-0.4, -0.2) is 75.7 Å². The van der Waals surface area contributed by atoms with Gasteiger partial charge in [-0.25, -0.2) is 9.79 Å². The van der Waals surface area contributed by atoms with E-state index < -0.39 is 29.4 Å². The van der Waals surface area contributed by atoms with Crippen LogP contribution in [0.5, 0.6) is 0 Å². The molecule has 3 rings (SSSR count). The first-order valence-corrected chi connectivity index (χ1v) is 9.12. The highest BCUT2D eigenvalue weighted by Crippen LogP contribution is 2.41. The zero-order valence-electron chi connectivity index (χ0n) is 15.9. The minimum atomic E-state index is -0.847. The molecule has 2 fully saturated rings. The molecule has 0 aromatic carbocycles. The van der Waals surface area contributed by atoms with Crippen molar-refractivity contribution < 1.29 is 19.4 Å². The number of amidine groups is 1. The molecular formula is C18H28N4O4. The topological polar surface area (TPSA) is 94.5 Å². The van der Waals surface area contributed by atoms with Gasteiger partial charge in [0.15, 0.2) is 0 Å². The Morgan fingerprint density at radius 1 is 1.46 bits per heavy atom. The molecule has 0 bridgehead atoms. The molecule has 3 aliphatic heterocycles. The van der Waals surface area contributed by atoms with Crippen molar-refractivity contribution in [3.63, 3.8) is 0 Å². The van der Waals surface area contributed by atoms with Crippen molar-refractivity contribution in [2.45, 2.75) is 63.8 Å². The van der Waals surface area contributed by atoms with E-state index in [1.54, 1.807) is 22.9 Å². The molecule has 0 radical (unpaired) electrons. The highest BCUT2D eigenvalue weighted by atomic mass is 16.6. The summed E-state index contributed by atoms with van der Waals surface area (Å²) in [5.41, 5.74) is -1.46. The second-order valence-electron chi connectivity index (χ2n) is 8.17. The smallest absolute Gasteiger partial charge is 0.411 e. The van der Waals surface area contributed by atoms with E-state index in [-0.39, 0.29) is 5.91 Å². The zero-order valence-corrected chi connectivity index (χ0v) is 15.9.